The Kier molecular flexibility index (Phi) is 4.46. The van der Waals surface area contributed by atoms with Crippen LogP contribution in [0.25, 0.3) is 10.2 Å². The number of aromatic nitrogens is 2. The Morgan fingerprint density at radius 2 is 2.15 bits per heavy atom. The van der Waals surface area contributed by atoms with Crippen LogP contribution in [-0.2, 0) is 18.6 Å². The molecule has 3 rings (SSSR count). The maximum atomic E-state index is 4.80. The van der Waals surface area contributed by atoms with Crippen LogP contribution >= 0.6 is 23.1 Å². The quantitative estimate of drug-likeness (QED) is 0.809. The molecule has 5 heteroatoms. The van der Waals surface area contributed by atoms with E-state index in [9.17, 15) is 0 Å². The number of nitrogens with zero attached hydrogens (tertiary/aromatic N) is 2. The monoisotopic (exact) mass is 307 g/mol. The van der Waals surface area contributed by atoms with Crippen molar-refractivity contribution in [2.24, 2.45) is 0 Å². The van der Waals surface area contributed by atoms with E-state index >= 15 is 0 Å². The van der Waals surface area contributed by atoms with Crippen molar-refractivity contribution in [2.45, 2.75) is 45.3 Å². The number of thiophene rings is 1. The molecule has 1 aliphatic carbocycles. The van der Waals surface area contributed by atoms with Gasteiger partial charge in [-0.2, -0.15) is 11.8 Å². The van der Waals surface area contributed by atoms with Crippen LogP contribution < -0.4 is 5.32 Å². The first-order valence-electron chi connectivity index (χ1n) is 7.46. The predicted octanol–water partition coefficient (Wildman–Crippen LogP) is 4.26. The third-order valence-corrected chi connectivity index (χ3v) is 5.88. The van der Waals surface area contributed by atoms with Gasteiger partial charge >= 0.3 is 0 Å². The van der Waals surface area contributed by atoms with Crippen molar-refractivity contribution in [3.63, 3.8) is 0 Å². The second-order valence-electron chi connectivity index (χ2n) is 5.11. The Bertz CT molecular complexity index is 607. The van der Waals surface area contributed by atoms with Gasteiger partial charge in [0.25, 0.3) is 0 Å². The number of aryl methyl sites for hydroxylation is 2. The molecule has 0 saturated heterocycles. The summed E-state index contributed by atoms with van der Waals surface area (Å²) in [6.07, 6.45) is 4.92. The molecule has 2 heterocycles. The summed E-state index contributed by atoms with van der Waals surface area (Å²) in [6, 6.07) is 0. The maximum absolute atomic E-state index is 4.80. The molecule has 0 aromatic carbocycles. The number of fused-ring (bicyclic) bond motifs is 3. The Labute approximate surface area is 128 Å². The lowest BCUT2D eigenvalue weighted by Gasteiger charge is -2.08. The molecular weight excluding hydrogens is 286 g/mol. The van der Waals surface area contributed by atoms with Crippen molar-refractivity contribution in [2.75, 3.05) is 17.6 Å². The van der Waals surface area contributed by atoms with Gasteiger partial charge in [0.15, 0.2) is 0 Å². The zero-order valence-electron chi connectivity index (χ0n) is 12.2. The summed E-state index contributed by atoms with van der Waals surface area (Å²) < 4.78 is 0. The van der Waals surface area contributed by atoms with Gasteiger partial charge in [-0.15, -0.1) is 11.3 Å². The van der Waals surface area contributed by atoms with E-state index in [0.717, 1.165) is 23.9 Å². The van der Waals surface area contributed by atoms with Gasteiger partial charge in [0.1, 0.15) is 16.5 Å². The van der Waals surface area contributed by atoms with Crippen LogP contribution in [0.15, 0.2) is 0 Å². The van der Waals surface area contributed by atoms with Gasteiger partial charge in [0.05, 0.1) is 11.1 Å². The van der Waals surface area contributed by atoms with Crippen LogP contribution in [-0.4, -0.2) is 22.3 Å². The van der Waals surface area contributed by atoms with Crippen LogP contribution in [0.1, 0.15) is 43.0 Å². The number of anilines is 1. The molecule has 0 amide bonds. The molecular formula is C15H21N3S2. The summed E-state index contributed by atoms with van der Waals surface area (Å²) in [5.74, 6) is 4.14. The number of thioether (sulfide) groups is 1. The second-order valence-corrected chi connectivity index (χ2v) is 7.30. The van der Waals surface area contributed by atoms with Crippen LogP contribution in [0.4, 0.5) is 5.82 Å². The average Bonchev–Trinajstić information content (AvgIpc) is 2.99. The molecule has 3 nitrogen and oxygen atoms in total. The van der Waals surface area contributed by atoms with E-state index in [4.69, 9.17) is 9.97 Å². The van der Waals surface area contributed by atoms with Gasteiger partial charge in [-0.05, 0) is 43.9 Å². The van der Waals surface area contributed by atoms with Crippen LogP contribution in [0, 0.1) is 0 Å². The summed E-state index contributed by atoms with van der Waals surface area (Å²) in [5, 5.41) is 4.74. The summed E-state index contributed by atoms with van der Waals surface area (Å²) in [7, 11) is 0. The smallest absolute Gasteiger partial charge is 0.142 e. The highest BCUT2D eigenvalue weighted by Gasteiger charge is 2.22. The molecule has 20 heavy (non-hydrogen) atoms. The third kappa shape index (κ3) is 2.66. The highest BCUT2D eigenvalue weighted by molar-refractivity contribution is 7.98. The minimum Gasteiger partial charge on any atom is -0.370 e. The van der Waals surface area contributed by atoms with Crippen molar-refractivity contribution >= 4 is 39.1 Å². The number of nitrogens with one attached hydrogen (secondary N) is 1. The molecule has 0 unspecified atom stereocenters. The highest BCUT2D eigenvalue weighted by Crippen LogP contribution is 2.39. The molecule has 0 saturated carbocycles. The summed E-state index contributed by atoms with van der Waals surface area (Å²) in [6.45, 7) is 5.26. The first-order valence-corrected chi connectivity index (χ1v) is 9.43. The zero-order valence-corrected chi connectivity index (χ0v) is 13.8. The number of hydrogen-bond donors (Lipinski definition) is 1. The lowest BCUT2D eigenvalue weighted by atomic mass is 10.2. The molecule has 2 aromatic heterocycles. The van der Waals surface area contributed by atoms with E-state index < -0.39 is 0 Å². The van der Waals surface area contributed by atoms with Crippen LogP contribution in [0.2, 0.25) is 0 Å². The van der Waals surface area contributed by atoms with E-state index in [1.165, 1.54) is 52.1 Å². The lowest BCUT2D eigenvalue weighted by Crippen LogP contribution is -2.04. The molecule has 108 valence electrons. The van der Waals surface area contributed by atoms with E-state index in [-0.39, 0.29) is 0 Å². The topological polar surface area (TPSA) is 37.8 Å². The zero-order chi connectivity index (χ0) is 13.9. The van der Waals surface area contributed by atoms with E-state index in [2.05, 4.69) is 19.2 Å². The van der Waals surface area contributed by atoms with Crippen molar-refractivity contribution in [1.29, 1.82) is 0 Å². The molecule has 0 bridgehead atoms. The fourth-order valence-corrected chi connectivity index (χ4v) is 4.73. The first-order chi connectivity index (χ1) is 9.83. The molecule has 2 aromatic rings. The SMILES string of the molecule is CCCSCc1nc(NCC)c2c3c(sc2n1)CCC3. The second kappa shape index (κ2) is 6.31. The fourth-order valence-electron chi connectivity index (χ4n) is 2.71. The van der Waals surface area contributed by atoms with Gasteiger partial charge in [0.2, 0.25) is 0 Å². The third-order valence-electron chi connectivity index (χ3n) is 3.53. The molecule has 0 fully saturated rings. The van der Waals surface area contributed by atoms with Crippen molar-refractivity contribution in [1.82, 2.24) is 9.97 Å². The molecule has 1 N–H and O–H groups in total. The Balaban J connectivity index is 1.99. The average molecular weight is 307 g/mol. The molecule has 0 spiro atoms. The van der Waals surface area contributed by atoms with E-state index in [1.807, 2.05) is 23.1 Å². The standard InChI is InChI=1S/C15H21N3S2/c1-3-8-19-9-12-17-14(16-4-2)13-10-6-5-7-11(10)20-15(13)18-12/h3-9H2,1-2H3,(H,16,17,18). The molecule has 0 atom stereocenters. The maximum Gasteiger partial charge on any atom is 0.142 e. The van der Waals surface area contributed by atoms with Gasteiger partial charge in [-0.25, -0.2) is 9.97 Å². The van der Waals surface area contributed by atoms with Gasteiger partial charge in [-0.3, -0.25) is 0 Å². The molecule has 0 radical (unpaired) electrons. The highest BCUT2D eigenvalue weighted by atomic mass is 32.2. The van der Waals surface area contributed by atoms with Crippen molar-refractivity contribution < 1.29 is 0 Å². The van der Waals surface area contributed by atoms with E-state index in [1.54, 1.807) is 0 Å². The summed E-state index contributed by atoms with van der Waals surface area (Å²) >= 11 is 3.80. The molecule has 0 aliphatic heterocycles. The van der Waals surface area contributed by atoms with Crippen molar-refractivity contribution in [3.8, 4) is 0 Å². The Hall–Kier alpha value is -0.810. The number of hydrogen-bond acceptors (Lipinski definition) is 5. The van der Waals surface area contributed by atoms with Crippen LogP contribution in [0.5, 0.6) is 0 Å². The van der Waals surface area contributed by atoms with Crippen LogP contribution in [0.3, 0.4) is 0 Å². The Morgan fingerprint density at radius 3 is 2.95 bits per heavy atom. The minimum atomic E-state index is 0.915. The molecule has 1 aliphatic rings. The fraction of sp³-hybridized carbons (Fsp3) is 0.600. The predicted molar refractivity (Wildman–Crippen MR) is 90.1 cm³/mol. The van der Waals surface area contributed by atoms with E-state index in [0.29, 0.717) is 0 Å². The largest absolute Gasteiger partial charge is 0.370 e. The minimum absolute atomic E-state index is 0.915. The van der Waals surface area contributed by atoms with Gasteiger partial charge in [-0.1, -0.05) is 6.92 Å². The first kappa shape index (κ1) is 14.1. The van der Waals surface area contributed by atoms with Gasteiger partial charge < -0.3 is 5.32 Å². The van der Waals surface area contributed by atoms with Crippen molar-refractivity contribution in [3.05, 3.63) is 16.3 Å². The normalized spacial score (nSPS) is 13.9. The Morgan fingerprint density at radius 1 is 1.25 bits per heavy atom. The summed E-state index contributed by atoms with van der Waals surface area (Å²) in [4.78, 5) is 12.3. The lowest BCUT2D eigenvalue weighted by molar-refractivity contribution is 0.916. The number of rotatable bonds is 6. The van der Waals surface area contributed by atoms with Gasteiger partial charge in [0, 0.05) is 11.4 Å². The summed E-state index contributed by atoms with van der Waals surface area (Å²) in [5.41, 5.74) is 1.51.